The van der Waals surface area contributed by atoms with Gasteiger partial charge in [-0.1, -0.05) is 23.1 Å². The second-order valence-electron chi connectivity index (χ2n) is 5.67. The van der Waals surface area contributed by atoms with Gasteiger partial charge in [0.05, 0.1) is 5.25 Å². The highest BCUT2D eigenvalue weighted by Crippen LogP contribution is 2.29. The van der Waals surface area contributed by atoms with E-state index in [-0.39, 0.29) is 16.7 Å². The van der Waals surface area contributed by atoms with Crippen molar-refractivity contribution < 1.29 is 4.79 Å². The highest BCUT2D eigenvalue weighted by atomic mass is 32.2. The maximum Gasteiger partial charge on any atom is 0.233 e. The first-order valence-corrected chi connectivity index (χ1v) is 7.95. The molecule has 7 heteroatoms. The lowest BCUT2D eigenvalue weighted by molar-refractivity contribution is -0.121. The number of nitrogens with one attached hydrogen (secondary N) is 2. The van der Waals surface area contributed by atoms with Gasteiger partial charge in [-0.2, -0.15) is 0 Å². The fourth-order valence-corrected chi connectivity index (χ4v) is 3.28. The van der Waals surface area contributed by atoms with E-state index in [4.69, 9.17) is 0 Å². The lowest BCUT2D eigenvalue weighted by atomic mass is 10.1. The molecule has 0 aliphatic rings. The van der Waals surface area contributed by atoms with Crippen LogP contribution in [-0.2, 0) is 4.79 Å². The molecule has 1 rings (SSSR count). The molecule has 1 heterocycles. The third kappa shape index (κ3) is 6.24. The number of hydrogen-bond acceptors (Lipinski definition) is 6. The molecule has 108 valence electrons. The third-order valence-electron chi connectivity index (χ3n) is 1.96. The molecular weight excluding hydrogens is 280 g/mol. The minimum absolute atomic E-state index is 0.0195. The maximum atomic E-state index is 12.0. The summed E-state index contributed by atoms with van der Waals surface area (Å²) in [7, 11) is 0. The Bertz CT molecular complexity index is 426. The molecule has 0 fully saturated rings. The molecule has 19 heavy (non-hydrogen) atoms. The quantitative estimate of drug-likeness (QED) is 0.819. The number of thioether (sulfide) groups is 1. The van der Waals surface area contributed by atoms with Crippen molar-refractivity contribution in [2.45, 2.75) is 62.7 Å². The van der Waals surface area contributed by atoms with Crippen molar-refractivity contribution >= 4 is 34.1 Å². The normalized spacial score (nSPS) is 13.4. The molecule has 5 nitrogen and oxygen atoms in total. The molecule has 0 saturated heterocycles. The van der Waals surface area contributed by atoms with Gasteiger partial charge in [0.1, 0.15) is 0 Å². The highest BCUT2D eigenvalue weighted by Gasteiger charge is 2.21. The van der Waals surface area contributed by atoms with Crippen molar-refractivity contribution in [1.82, 2.24) is 15.5 Å². The van der Waals surface area contributed by atoms with E-state index < -0.39 is 0 Å². The van der Waals surface area contributed by atoms with Crippen LogP contribution in [0.15, 0.2) is 4.34 Å². The molecule has 0 aliphatic carbocycles. The van der Waals surface area contributed by atoms with Gasteiger partial charge in [-0.15, -0.1) is 10.2 Å². The summed E-state index contributed by atoms with van der Waals surface area (Å²) in [5.74, 6) is 0.0195. The van der Waals surface area contributed by atoms with E-state index in [1.54, 1.807) is 0 Å². The molecule has 1 atom stereocenters. The summed E-state index contributed by atoms with van der Waals surface area (Å²) in [6.45, 7) is 11.9. The zero-order chi connectivity index (χ0) is 14.6. The molecule has 1 aromatic rings. The molecule has 0 aliphatic heterocycles. The third-order valence-corrected chi connectivity index (χ3v) is 4.00. The predicted octanol–water partition coefficient (Wildman–Crippen LogP) is 2.75. The summed E-state index contributed by atoms with van der Waals surface area (Å²) >= 11 is 2.91. The summed E-state index contributed by atoms with van der Waals surface area (Å²) in [6.07, 6.45) is 0. The molecule has 1 unspecified atom stereocenters. The molecular formula is C12H22N4OS2. The van der Waals surface area contributed by atoms with Crippen molar-refractivity contribution in [3.63, 3.8) is 0 Å². The SMILES string of the molecule is CC(C)Nc1nnc(SC(C)C(=O)NC(C)(C)C)s1. The van der Waals surface area contributed by atoms with Gasteiger partial charge in [-0.3, -0.25) is 4.79 Å². The zero-order valence-electron chi connectivity index (χ0n) is 12.3. The average molecular weight is 302 g/mol. The van der Waals surface area contributed by atoms with Crippen LogP contribution in [0.5, 0.6) is 0 Å². The largest absolute Gasteiger partial charge is 0.358 e. The molecule has 0 radical (unpaired) electrons. The molecule has 0 saturated carbocycles. The second-order valence-corrected chi connectivity index (χ2v) is 8.24. The van der Waals surface area contributed by atoms with Crippen molar-refractivity contribution in [2.24, 2.45) is 0 Å². The molecule has 2 N–H and O–H groups in total. The Kier molecular flexibility index (Phi) is 5.61. The van der Waals surface area contributed by atoms with Crippen LogP contribution in [0.25, 0.3) is 0 Å². The summed E-state index contributed by atoms with van der Waals surface area (Å²) in [5.41, 5.74) is -0.211. The van der Waals surface area contributed by atoms with E-state index in [0.717, 1.165) is 9.47 Å². The zero-order valence-corrected chi connectivity index (χ0v) is 13.9. The lowest BCUT2D eigenvalue weighted by Gasteiger charge is -2.22. The second kappa shape index (κ2) is 6.56. The smallest absolute Gasteiger partial charge is 0.233 e. The number of hydrogen-bond donors (Lipinski definition) is 2. The van der Waals surface area contributed by atoms with E-state index in [9.17, 15) is 4.79 Å². The van der Waals surface area contributed by atoms with Gasteiger partial charge in [-0.25, -0.2) is 0 Å². The van der Waals surface area contributed by atoms with Crippen molar-refractivity contribution in [1.29, 1.82) is 0 Å². The molecule has 0 aromatic carbocycles. The van der Waals surface area contributed by atoms with Gasteiger partial charge in [-0.05, 0) is 41.5 Å². The van der Waals surface area contributed by atoms with Crippen LogP contribution >= 0.6 is 23.1 Å². The number of anilines is 1. The van der Waals surface area contributed by atoms with Gasteiger partial charge in [0, 0.05) is 11.6 Å². The van der Waals surface area contributed by atoms with Crippen LogP contribution in [0.1, 0.15) is 41.5 Å². The topological polar surface area (TPSA) is 66.9 Å². The van der Waals surface area contributed by atoms with Crippen molar-refractivity contribution in [3.8, 4) is 0 Å². The van der Waals surface area contributed by atoms with Crippen LogP contribution < -0.4 is 10.6 Å². The first-order chi connectivity index (χ1) is 8.67. The Labute approximate surface area is 123 Å². The number of nitrogens with zero attached hydrogens (tertiary/aromatic N) is 2. The Morgan fingerprint density at radius 1 is 1.26 bits per heavy atom. The lowest BCUT2D eigenvalue weighted by Crippen LogP contribution is -2.44. The minimum Gasteiger partial charge on any atom is -0.358 e. The van der Waals surface area contributed by atoms with Gasteiger partial charge in [0.2, 0.25) is 11.0 Å². The molecule has 0 bridgehead atoms. The van der Waals surface area contributed by atoms with Crippen LogP contribution in [0.4, 0.5) is 5.13 Å². The fourth-order valence-electron chi connectivity index (χ4n) is 1.24. The fraction of sp³-hybridized carbons (Fsp3) is 0.750. The Hall–Kier alpha value is -0.820. The van der Waals surface area contributed by atoms with E-state index >= 15 is 0 Å². The van der Waals surface area contributed by atoms with E-state index in [1.807, 2.05) is 41.5 Å². The number of amides is 1. The summed E-state index contributed by atoms with van der Waals surface area (Å²) < 4.78 is 0.805. The van der Waals surface area contributed by atoms with Gasteiger partial charge >= 0.3 is 0 Å². The van der Waals surface area contributed by atoms with Crippen LogP contribution in [0.2, 0.25) is 0 Å². The Morgan fingerprint density at radius 3 is 2.42 bits per heavy atom. The van der Waals surface area contributed by atoms with Gasteiger partial charge in [0.25, 0.3) is 0 Å². The summed E-state index contributed by atoms with van der Waals surface area (Å²) in [6, 6.07) is 0.326. The van der Waals surface area contributed by atoms with Crippen LogP contribution in [0.3, 0.4) is 0 Å². The first kappa shape index (κ1) is 16.2. The van der Waals surface area contributed by atoms with Crippen molar-refractivity contribution in [2.75, 3.05) is 5.32 Å². The number of carbonyl (C=O) groups is 1. The molecule has 0 spiro atoms. The van der Waals surface area contributed by atoms with Crippen LogP contribution in [0, 0.1) is 0 Å². The number of carbonyl (C=O) groups excluding carboxylic acids is 1. The highest BCUT2D eigenvalue weighted by molar-refractivity contribution is 8.02. The first-order valence-electron chi connectivity index (χ1n) is 6.26. The molecule has 1 aromatic heterocycles. The Balaban J connectivity index is 2.54. The van der Waals surface area contributed by atoms with E-state index in [2.05, 4.69) is 20.8 Å². The van der Waals surface area contributed by atoms with Crippen molar-refractivity contribution in [3.05, 3.63) is 0 Å². The maximum absolute atomic E-state index is 12.0. The van der Waals surface area contributed by atoms with Gasteiger partial charge < -0.3 is 10.6 Å². The Morgan fingerprint density at radius 2 is 1.89 bits per heavy atom. The standard InChI is InChI=1S/C12H22N4OS2/c1-7(2)13-10-15-16-11(19-10)18-8(3)9(17)14-12(4,5)6/h7-8H,1-6H3,(H,13,15)(H,14,17). The van der Waals surface area contributed by atoms with Gasteiger partial charge in [0.15, 0.2) is 4.34 Å². The molecule has 1 amide bonds. The van der Waals surface area contributed by atoms with E-state index in [1.165, 1.54) is 23.1 Å². The summed E-state index contributed by atoms with van der Waals surface area (Å²) in [4.78, 5) is 12.0. The minimum atomic E-state index is -0.211. The summed E-state index contributed by atoms with van der Waals surface area (Å²) in [5, 5.41) is 14.9. The average Bonchev–Trinajstić information content (AvgIpc) is 2.61. The monoisotopic (exact) mass is 302 g/mol. The number of rotatable bonds is 5. The predicted molar refractivity (Wildman–Crippen MR) is 81.9 cm³/mol. The van der Waals surface area contributed by atoms with Crippen LogP contribution in [-0.4, -0.2) is 32.9 Å². The number of aromatic nitrogens is 2. The van der Waals surface area contributed by atoms with E-state index in [0.29, 0.717) is 6.04 Å².